The average Bonchev–Trinajstić information content (AvgIpc) is 2.85. The summed E-state index contributed by atoms with van der Waals surface area (Å²) >= 11 is 1.42. The molecule has 3 rings (SSSR count). The van der Waals surface area contributed by atoms with E-state index in [0.717, 1.165) is 0 Å². The highest BCUT2D eigenvalue weighted by molar-refractivity contribution is 7.15. The quantitative estimate of drug-likeness (QED) is 0.740. The van der Waals surface area contributed by atoms with Gasteiger partial charge >= 0.3 is 0 Å². The van der Waals surface area contributed by atoms with Crippen LogP contribution in [0.1, 0.15) is 5.69 Å². The van der Waals surface area contributed by atoms with Crippen LogP contribution in [0.25, 0.3) is 4.96 Å². The van der Waals surface area contributed by atoms with E-state index in [1.54, 1.807) is 18.3 Å². The third-order valence-electron chi connectivity index (χ3n) is 2.60. The summed E-state index contributed by atoms with van der Waals surface area (Å²) in [6.45, 7) is 0.243. The first-order valence-electron chi connectivity index (χ1n) is 5.66. The Morgan fingerprint density at radius 3 is 3.11 bits per heavy atom. The minimum atomic E-state index is -0.0996. The van der Waals surface area contributed by atoms with Gasteiger partial charge in [0.1, 0.15) is 12.4 Å². The maximum Gasteiger partial charge on any atom is 0.258 e. The SMILES string of the molecule is Nc1cccc(OCc2cc(=O)n3ccsc3n2)c1. The van der Waals surface area contributed by atoms with Crippen LogP contribution >= 0.6 is 11.3 Å². The molecule has 2 heterocycles. The van der Waals surface area contributed by atoms with Gasteiger partial charge in [0.05, 0.1) is 5.69 Å². The van der Waals surface area contributed by atoms with Crippen molar-refractivity contribution < 1.29 is 4.74 Å². The molecule has 0 spiro atoms. The molecule has 1 aromatic carbocycles. The number of rotatable bonds is 3. The first kappa shape index (κ1) is 11.7. The van der Waals surface area contributed by atoms with Crippen molar-refractivity contribution in [3.63, 3.8) is 0 Å². The molecule has 0 fully saturated rings. The van der Waals surface area contributed by atoms with E-state index in [0.29, 0.717) is 22.1 Å². The van der Waals surface area contributed by atoms with Crippen molar-refractivity contribution >= 4 is 22.0 Å². The molecule has 0 unspecified atom stereocenters. The second-order valence-electron chi connectivity index (χ2n) is 4.00. The summed E-state index contributed by atoms with van der Waals surface area (Å²) in [6, 6.07) is 8.63. The summed E-state index contributed by atoms with van der Waals surface area (Å²) in [4.78, 5) is 16.8. The predicted octanol–water partition coefficient (Wildman–Crippen LogP) is 1.92. The molecule has 19 heavy (non-hydrogen) atoms. The van der Waals surface area contributed by atoms with E-state index >= 15 is 0 Å². The molecule has 2 aromatic heterocycles. The first-order valence-corrected chi connectivity index (χ1v) is 6.54. The molecule has 0 saturated carbocycles. The number of anilines is 1. The van der Waals surface area contributed by atoms with Crippen molar-refractivity contribution in [2.24, 2.45) is 0 Å². The Morgan fingerprint density at radius 2 is 2.26 bits per heavy atom. The largest absolute Gasteiger partial charge is 0.487 e. The van der Waals surface area contributed by atoms with Crippen LogP contribution in [-0.2, 0) is 6.61 Å². The molecule has 0 bridgehead atoms. The molecule has 0 amide bonds. The highest BCUT2D eigenvalue weighted by atomic mass is 32.1. The maximum absolute atomic E-state index is 11.8. The van der Waals surface area contributed by atoms with Crippen LogP contribution in [0.4, 0.5) is 5.69 Å². The van der Waals surface area contributed by atoms with Crippen molar-refractivity contribution in [2.75, 3.05) is 5.73 Å². The van der Waals surface area contributed by atoms with Crippen molar-refractivity contribution in [3.8, 4) is 5.75 Å². The zero-order valence-corrected chi connectivity index (χ0v) is 10.8. The number of fused-ring (bicyclic) bond motifs is 1. The molecule has 0 aliphatic heterocycles. The lowest BCUT2D eigenvalue weighted by Gasteiger charge is -2.06. The summed E-state index contributed by atoms with van der Waals surface area (Å²) in [5.41, 5.74) is 6.81. The minimum absolute atomic E-state index is 0.0996. The van der Waals surface area contributed by atoms with E-state index in [-0.39, 0.29) is 12.2 Å². The Labute approximate surface area is 112 Å². The maximum atomic E-state index is 11.8. The van der Waals surface area contributed by atoms with Crippen LogP contribution in [0.2, 0.25) is 0 Å². The third-order valence-corrected chi connectivity index (χ3v) is 3.36. The normalized spacial score (nSPS) is 10.7. The highest BCUT2D eigenvalue weighted by Gasteiger charge is 2.04. The Kier molecular flexibility index (Phi) is 2.92. The van der Waals surface area contributed by atoms with Gasteiger partial charge in [-0.1, -0.05) is 6.07 Å². The van der Waals surface area contributed by atoms with Gasteiger partial charge in [0, 0.05) is 29.4 Å². The van der Waals surface area contributed by atoms with Gasteiger partial charge in [-0.25, -0.2) is 4.98 Å². The average molecular weight is 273 g/mol. The van der Waals surface area contributed by atoms with Crippen molar-refractivity contribution in [3.05, 3.63) is 58.0 Å². The Balaban J connectivity index is 1.83. The molecule has 3 aromatic rings. The van der Waals surface area contributed by atoms with E-state index in [9.17, 15) is 4.79 Å². The third kappa shape index (κ3) is 2.43. The Morgan fingerprint density at radius 1 is 1.37 bits per heavy atom. The summed E-state index contributed by atoms with van der Waals surface area (Å²) in [7, 11) is 0. The standard InChI is InChI=1S/C13H11N3O2S/c14-9-2-1-3-11(6-9)18-8-10-7-12(17)16-4-5-19-13(16)15-10/h1-7H,8,14H2. The number of aromatic nitrogens is 2. The van der Waals surface area contributed by atoms with Crippen LogP contribution in [-0.4, -0.2) is 9.38 Å². The molecular weight excluding hydrogens is 262 g/mol. The fourth-order valence-corrected chi connectivity index (χ4v) is 2.46. The van der Waals surface area contributed by atoms with Gasteiger partial charge in [0.2, 0.25) is 0 Å². The molecule has 0 aliphatic carbocycles. The van der Waals surface area contributed by atoms with Crippen molar-refractivity contribution in [2.45, 2.75) is 6.61 Å². The van der Waals surface area contributed by atoms with E-state index in [1.165, 1.54) is 21.8 Å². The molecular formula is C13H11N3O2S. The van der Waals surface area contributed by atoms with Gasteiger partial charge in [0.15, 0.2) is 4.96 Å². The number of thiazole rings is 1. The zero-order valence-electron chi connectivity index (χ0n) is 9.95. The highest BCUT2D eigenvalue weighted by Crippen LogP contribution is 2.16. The van der Waals surface area contributed by atoms with Crippen molar-refractivity contribution in [1.82, 2.24) is 9.38 Å². The Hall–Kier alpha value is -2.34. The molecule has 0 aliphatic rings. The van der Waals surface area contributed by atoms with Gasteiger partial charge in [-0.2, -0.15) is 0 Å². The summed E-state index contributed by atoms with van der Waals surface area (Å²) in [6.07, 6.45) is 1.71. The van der Waals surface area contributed by atoms with E-state index in [2.05, 4.69) is 4.98 Å². The summed E-state index contributed by atoms with van der Waals surface area (Å²) in [5.74, 6) is 0.660. The predicted molar refractivity (Wildman–Crippen MR) is 74.5 cm³/mol. The van der Waals surface area contributed by atoms with Crippen LogP contribution in [0.3, 0.4) is 0 Å². The lowest BCUT2D eigenvalue weighted by Crippen LogP contribution is -2.14. The van der Waals surface area contributed by atoms with Crippen LogP contribution < -0.4 is 16.0 Å². The number of hydrogen-bond donors (Lipinski definition) is 1. The monoisotopic (exact) mass is 273 g/mol. The van der Waals surface area contributed by atoms with Crippen LogP contribution in [0.5, 0.6) is 5.75 Å². The first-order chi connectivity index (χ1) is 9.22. The van der Waals surface area contributed by atoms with Crippen LogP contribution in [0, 0.1) is 0 Å². The number of hydrogen-bond acceptors (Lipinski definition) is 5. The smallest absolute Gasteiger partial charge is 0.258 e. The molecule has 96 valence electrons. The van der Waals surface area contributed by atoms with Gasteiger partial charge in [-0.05, 0) is 12.1 Å². The summed E-state index contributed by atoms with van der Waals surface area (Å²) in [5, 5.41) is 1.83. The molecule has 0 radical (unpaired) electrons. The molecule has 0 saturated heterocycles. The number of nitrogens with two attached hydrogens (primary N) is 1. The Bertz CT molecular complexity index is 779. The van der Waals surface area contributed by atoms with Gasteiger partial charge in [-0.3, -0.25) is 9.20 Å². The van der Waals surface area contributed by atoms with E-state index in [4.69, 9.17) is 10.5 Å². The fraction of sp³-hybridized carbons (Fsp3) is 0.0769. The lowest BCUT2D eigenvalue weighted by atomic mass is 10.3. The number of ether oxygens (including phenoxy) is 1. The lowest BCUT2D eigenvalue weighted by molar-refractivity contribution is 0.301. The van der Waals surface area contributed by atoms with Gasteiger partial charge in [-0.15, -0.1) is 11.3 Å². The molecule has 0 atom stereocenters. The number of benzene rings is 1. The topological polar surface area (TPSA) is 69.6 Å². The second-order valence-corrected chi connectivity index (χ2v) is 4.88. The zero-order chi connectivity index (χ0) is 13.2. The van der Waals surface area contributed by atoms with Crippen LogP contribution in [0.15, 0.2) is 46.7 Å². The molecule has 6 heteroatoms. The van der Waals surface area contributed by atoms with Gasteiger partial charge in [0.25, 0.3) is 5.56 Å². The minimum Gasteiger partial charge on any atom is -0.487 e. The molecule has 5 nitrogen and oxygen atoms in total. The summed E-state index contributed by atoms with van der Waals surface area (Å²) < 4.78 is 7.08. The molecule has 2 N–H and O–H groups in total. The number of nitrogen functional groups attached to an aromatic ring is 1. The fourth-order valence-electron chi connectivity index (χ4n) is 1.72. The van der Waals surface area contributed by atoms with E-state index in [1.807, 2.05) is 17.5 Å². The van der Waals surface area contributed by atoms with Crippen molar-refractivity contribution in [1.29, 1.82) is 0 Å². The second kappa shape index (κ2) is 4.74. The van der Waals surface area contributed by atoms with Gasteiger partial charge < -0.3 is 10.5 Å². The number of nitrogens with zero attached hydrogens (tertiary/aromatic N) is 2. The van der Waals surface area contributed by atoms with E-state index < -0.39 is 0 Å².